The molecule has 0 radical (unpaired) electrons. The van der Waals surface area contributed by atoms with Crippen LogP contribution in [0.4, 0.5) is 4.39 Å². The smallest absolute Gasteiger partial charge is 0.325 e. The van der Waals surface area contributed by atoms with E-state index in [2.05, 4.69) is 15.6 Å². The van der Waals surface area contributed by atoms with Crippen LogP contribution >= 0.6 is 11.6 Å². The SMILES string of the molecule is O=C(O)Cn1cc(CNC(=O)c2cccc(F)c2Cl)nn1. The molecule has 7 nitrogen and oxygen atoms in total. The molecule has 21 heavy (non-hydrogen) atoms. The molecule has 0 atom stereocenters. The lowest BCUT2D eigenvalue weighted by Crippen LogP contribution is -2.23. The molecule has 0 bridgehead atoms. The van der Waals surface area contributed by atoms with Crippen molar-refractivity contribution in [3.63, 3.8) is 0 Å². The molecular formula is C12H10ClFN4O3. The Hall–Kier alpha value is -2.48. The number of carbonyl (C=O) groups is 2. The summed E-state index contributed by atoms with van der Waals surface area (Å²) in [5.41, 5.74) is 0.381. The Balaban J connectivity index is 1.99. The van der Waals surface area contributed by atoms with Crippen LogP contribution in [-0.2, 0) is 17.9 Å². The van der Waals surface area contributed by atoms with Crippen molar-refractivity contribution in [3.8, 4) is 0 Å². The summed E-state index contributed by atoms with van der Waals surface area (Å²) in [5.74, 6) is -2.30. The zero-order valence-corrected chi connectivity index (χ0v) is 11.3. The van der Waals surface area contributed by atoms with Gasteiger partial charge in [0.15, 0.2) is 0 Å². The number of amides is 1. The number of nitrogens with one attached hydrogen (secondary N) is 1. The van der Waals surface area contributed by atoms with Gasteiger partial charge < -0.3 is 10.4 Å². The molecule has 2 N–H and O–H groups in total. The Morgan fingerprint density at radius 3 is 2.90 bits per heavy atom. The van der Waals surface area contributed by atoms with E-state index in [1.165, 1.54) is 18.3 Å². The summed E-state index contributed by atoms with van der Waals surface area (Å²) in [6.07, 6.45) is 1.39. The molecule has 0 saturated heterocycles. The Kier molecular flexibility index (Phi) is 4.49. The Morgan fingerprint density at radius 1 is 1.43 bits per heavy atom. The first-order valence-electron chi connectivity index (χ1n) is 5.80. The van der Waals surface area contributed by atoms with Crippen LogP contribution in [-0.4, -0.2) is 32.0 Å². The Bertz CT molecular complexity index is 689. The zero-order valence-electron chi connectivity index (χ0n) is 10.6. The van der Waals surface area contributed by atoms with Crippen molar-refractivity contribution in [1.82, 2.24) is 20.3 Å². The van der Waals surface area contributed by atoms with Crippen LogP contribution in [0, 0.1) is 5.82 Å². The number of carboxylic acid groups (broad SMARTS) is 1. The predicted octanol–water partition coefficient (Wildman–Crippen LogP) is 1.09. The summed E-state index contributed by atoms with van der Waals surface area (Å²) in [7, 11) is 0. The number of carbonyl (C=O) groups excluding carboxylic acids is 1. The lowest BCUT2D eigenvalue weighted by Gasteiger charge is -2.05. The molecule has 0 aliphatic rings. The molecular weight excluding hydrogens is 303 g/mol. The Morgan fingerprint density at radius 2 is 2.19 bits per heavy atom. The molecule has 0 saturated carbocycles. The van der Waals surface area contributed by atoms with E-state index in [1.807, 2.05) is 0 Å². The molecule has 9 heteroatoms. The molecule has 0 fully saturated rings. The molecule has 1 amide bonds. The van der Waals surface area contributed by atoms with Crippen LogP contribution in [0.15, 0.2) is 24.4 Å². The number of aromatic nitrogens is 3. The van der Waals surface area contributed by atoms with E-state index in [0.717, 1.165) is 10.7 Å². The van der Waals surface area contributed by atoms with E-state index >= 15 is 0 Å². The lowest BCUT2D eigenvalue weighted by atomic mass is 10.2. The first-order valence-corrected chi connectivity index (χ1v) is 6.18. The van der Waals surface area contributed by atoms with Gasteiger partial charge in [0.05, 0.1) is 23.3 Å². The van der Waals surface area contributed by atoms with Gasteiger partial charge in [-0.15, -0.1) is 5.10 Å². The molecule has 1 heterocycles. The molecule has 2 rings (SSSR count). The fourth-order valence-corrected chi connectivity index (χ4v) is 1.79. The van der Waals surface area contributed by atoms with E-state index in [4.69, 9.17) is 16.7 Å². The second-order valence-corrected chi connectivity index (χ2v) is 4.46. The number of hydrogen-bond donors (Lipinski definition) is 2. The maximum atomic E-state index is 13.2. The lowest BCUT2D eigenvalue weighted by molar-refractivity contribution is -0.137. The highest BCUT2D eigenvalue weighted by molar-refractivity contribution is 6.34. The number of rotatable bonds is 5. The molecule has 1 aromatic heterocycles. The van der Waals surface area contributed by atoms with Gasteiger partial charge in [0.2, 0.25) is 0 Å². The van der Waals surface area contributed by atoms with Crippen molar-refractivity contribution < 1.29 is 19.1 Å². The normalized spacial score (nSPS) is 10.4. The van der Waals surface area contributed by atoms with E-state index in [9.17, 15) is 14.0 Å². The van der Waals surface area contributed by atoms with Crippen LogP contribution in [0.25, 0.3) is 0 Å². The summed E-state index contributed by atoms with van der Waals surface area (Å²) in [4.78, 5) is 22.4. The van der Waals surface area contributed by atoms with Crippen molar-refractivity contribution in [2.75, 3.05) is 0 Å². The maximum absolute atomic E-state index is 13.2. The van der Waals surface area contributed by atoms with Crippen molar-refractivity contribution >= 4 is 23.5 Å². The minimum Gasteiger partial charge on any atom is -0.480 e. The number of aliphatic carboxylic acids is 1. The third kappa shape index (κ3) is 3.76. The first kappa shape index (κ1) is 14.9. The molecule has 0 aliphatic heterocycles. The third-order valence-electron chi connectivity index (χ3n) is 2.51. The standard InChI is InChI=1S/C12H10ClFN4O3/c13-11-8(2-1-3-9(11)14)12(21)15-4-7-5-18(17-16-7)6-10(19)20/h1-3,5H,4,6H2,(H,15,21)(H,19,20). The van der Waals surface area contributed by atoms with E-state index in [0.29, 0.717) is 5.69 Å². The van der Waals surface area contributed by atoms with Crippen molar-refractivity contribution in [2.24, 2.45) is 0 Å². The minimum atomic E-state index is -1.05. The van der Waals surface area contributed by atoms with Gasteiger partial charge in [-0.25, -0.2) is 9.07 Å². The molecule has 110 valence electrons. The van der Waals surface area contributed by atoms with Crippen LogP contribution < -0.4 is 5.32 Å². The van der Waals surface area contributed by atoms with Gasteiger partial charge in [-0.1, -0.05) is 22.9 Å². The van der Waals surface area contributed by atoms with Gasteiger partial charge >= 0.3 is 5.97 Å². The summed E-state index contributed by atoms with van der Waals surface area (Å²) in [6, 6.07) is 3.91. The quantitative estimate of drug-likeness (QED) is 0.861. The zero-order chi connectivity index (χ0) is 15.4. The Labute approximate surface area is 123 Å². The molecule has 2 aromatic rings. The molecule has 0 spiro atoms. The number of benzene rings is 1. The second kappa shape index (κ2) is 6.31. The number of halogens is 2. The topological polar surface area (TPSA) is 97.1 Å². The van der Waals surface area contributed by atoms with Crippen molar-refractivity contribution in [2.45, 2.75) is 13.1 Å². The van der Waals surface area contributed by atoms with Crippen LogP contribution in [0.5, 0.6) is 0 Å². The van der Waals surface area contributed by atoms with Crippen molar-refractivity contribution in [3.05, 3.63) is 46.5 Å². The third-order valence-corrected chi connectivity index (χ3v) is 2.89. The molecule has 1 aromatic carbocycles. The fourth-order valence-electron chi connectivity index (χ4n) is 1.58. The monoisotopic (exact) mass is 312 g/mol. The van der Waals surface area contributed by atoms with E-state index < -0.39 is 17.7 Å². The largest absolute Gasteiger partial charge is 0.480 e. The summed E-state index contributed by atoms with van der Waals surface area (Å²) in [6.45, 7) is -0.304. The summed E-state index contributed by atoms with van der Waals surface area (Å²) < 4.78 is 14.4. The van der Waals surface area contributed by atoms with Crippen LogP contribution in [0.3, 0.4) is 0 Å². The van der Waals surface area contributed by atoms with Gasteiger partial charge in [-0.2, -0.15) is 0 Å². The maximum Gasteiger partial charge on any atom is 0.325 e. The molecule has 0 unspecified atom stereocenters. The number of nitrogens with zero attached hydrogens (tertiary/aromatic N) is 3. The van der Waals surface area contributed by atoms with Gasteiger partial charge in [-0.05, 0) is 12.1 Å². The first-order chi connectivity index (χ1) is 9.97. The second-order valence-electron chi connectivity index (χ2n) is 4.09. The van der Waals surface area contributed by atoms with E-state index in [1.54, 1.807) is 0 Å². The average Bonchev–Trinajstić information content (AvgIpc) is 2.86. The number of hydrogen-bond acceptors (Lipinski definition) is 4. The van der Waals surface area contributed by atoms with E-state index in [-0.39, 0.29) is 23.7 Å². The van der Waals surface area contributed by atoms with Gasteiger partial charge in [-0.3, -0.25) is 9.59 Å². The van der Waals surface area contributed by atoms with Gasteiger partial charge in [0.1, 0.15) is 18.1 Å². The average molecular weight is 313 g/mol. The number of carboxylic acids is 1. The highest BCUT2D eigenvalue weighted by Crippen LogP contribution is 2.19. The molecule has 0 aliphatic carbocycles. The fraction of sp³-hybridized carbons (Fsp3) is 0.167. The summed E-state index contributed by atoms with van der Waals surface area (Å²) >= 11 is 5.70. The predicted molar refractivity (Wildman–Crippen MR) is 70.2 cm³/mol. The minimum absolute atomic E-state index is 0.00888. The highest BCUT2D eigenvalue weighted by Gasteiger charge is 2.13. The van der Waals surface area contributed by atoms with Gasteiger partial charge in [0, 0.05) is 0 Å². The van der Waals surface area contributed by atoms with Gasteiger partial charge in [0.25, 0.3) is 5.91 Å². The van der Waals surface area contributed by atoms with Crippen molar-refractivity contribution in [1.29, 1.82) is 0 Å². The van der Waals surface area contributed by atoms with Crippen LogP contribution in [0.1, 0.15) is 16.1 Å². The highest BCUT2D eigenvalue weighted by atomic mass is 35.5. The van der Waals surface area contributed by atoms with Crippen LogP contribution in [0.2, 0.25) is 5.02 Å². The summed E-state index contributed by atoms with van der Waals surface area (Å²) in [5, 5.41) is 18.1.